The van der Waals surface area contributed by atoms with Gasteiger partial charge in [-0.2, -0.15) is 0 Å². The fourth-order valence-corrected chi connectivity index (χ4v) is 1.45. The molecule has 0 radical (unpaired) electrons. The number of aromatic nitrogens is 2. The molecule has 0 saturated carbocycles. The summed E-state index contributed by atoms with van der Waals surface area (Å²) in [6.07, 6.45) is 3.50. The molecule has 0 amide bonds. The lowest BCUT2D eigenvalue weighted by Gasteiger charge is -2.03. The average Bonchev–Trinajstić information content (AvgIpc) is 2.30. The number of carbonyl (C=O) groups excluding carboxylic acids is 1. The minimum atomic E-state index is 0.212. The first-order chi connectivity index (χ1) is 7.78. The molecule has 0 bridgehead atoms. The molecule has 4 nitrogen and oxygen atoms in total. The van der Waals surface area contributed by atoms with Crippen molar-refractivity contribution in [3.63, 3.8) is 0 Å². The zero-order valence-corrected chi connectivity index (χ0v) is 9.72. The average molecular weight is 279 g/mol. The number of hydrogen-bond acceptors (Lipinski definition) is 4. The minimum Gasteiger partial charge on any atom is -0.424 e. The fraction of sp³-hybridized carbons (Fsp3) is 0. The number of hydrogen-bond donors (Lipinski definition) is 0. The van der Waals surface area contributed by atoms with E-state index in [1.807, 2.05) is 12.1 Å². The second-order valence-corrected chi connectivity index (χ2v) is 3.89. The minimum absolute atomic E-state index is 0.212. The molecule has 0 saturated heterocycles. The van der Waals surface area contributed by atoms with Gasteiger partial charge in [0, 0.05) is 16.9 Å². The van der Waals surface area contributed by atoms with Crippen molar-refractivity contribution in [1.29, 1.82) is 0 Å². The summed E-state index contributed by atoms with van der Waals surface area (Å²) in [5, 5.41) is 0. The summed E-state index contributed by atoms with van der Waals surface area (Å²) in [5.41, 5.74) is 0.418. The Labute approximate surface area is 100 Å². The van der Waals surface area contributed by atoms with Crippen molar-refractivity contribution in [3.05, 3.63) is 46.7 Å². The van der Waals surface area contributed by atoms with Gasteiger partial charge in [0.2, 0.25) is 0 Å². The van der Waals surface area contributed by atoms with Gasteiger partial charge in [-0.25, -0.2) is 9.97 Å². The number of benzene rings is 1. The summed E-state index contributed by atoms with van der Waals surface area (Å²) in [6.45, 7) is 0. The first kappa shape index (κ1) is 10.8. The molecular weight excluding hydrogens is 272 g/mol. The highest BCUT2D eigenvalue weighted by Crippen LogP contribution is 2.21. The molecule has 0 aliphatic carbocycles. The third kappa shape index (κ3) is 2.64. The molecule has 0 aliphatic rings. The maximum atomic E-state index is 10.4. The van der Waals surface area contributed by atoms with E-state index in [9.17, 15) is 4.79 Å². The predicted octanol–water partition coefficient (Wildman–Crippen LogP) is 2.84. The second-order valence-electron chi connectivity index (χ2n) is 2.98. The van der Waals surface area contributed by atoms with Gasteiger partial charge in [0.25, 0.3) is 0 Å². The van der Waals surface area contributed by atoms with Gasteiger partial charge in [-0.1, -0.05) is 22.0 Å². The first-order valence-corrected chi connectivity index (χ1v) is 5.28. The maximum absolute atomic E-state index is 10.4. The van der Waals surface area contributed by atoms with E-state index in [1.165, 1.54) is 12.4 Å². The zero-order valence-electron chi connectivity index (χ0n) is 8.13. The van der Waals surface area contributed by atoms with Crippen molar-refractivity contribution in [1.82, 2.24) is 9.97 Å². The van der Waals surface area contributed by atoms with Gasteiger partial charge in [-0.05, 0) is 18.2 Å². The van der Waals surface area contributed by atoms with Crippen molar-refractivity contribution in [3.8, 4) is 11.8 Å². The van der Waals surface area contributed by atoms with Crippen LogP contribution < -0.4 is 4.74 Å². The van der Waals surface area contributed by atoms with E-state index in [4.69, 9.17) is 4.74 Å². The molecule has 80 valence electrons. The molecule has 1 aromatic heterocycles. The predicted molar refractivity (Wildman–Crippen MR) is 61.6 cm³/mol. The Hall–Kier alpha value is -1.75. The highest BCUT2D eigenvalue weighted by molar-refractivity contribution is 9.10. The van der Waals surface area contributed by atoms with E-state index in [1.54, 1.807) is 12.1 Å². The molecule has 2 aromatic rings. The largest absolute Gasteiger partial charge is 0.424 e. The van der Waals surface area contributed by atoms with Crippen LogP contribution in [0.15, 0.2) is 41.1 Å². The molecule has 2 rings (SSSR count). The van der Waals surface area contributed by atoms with E-state index in [0.717, 1.165) is 4.47 Å². The standard InChI is InChI=1S/C11H7BrN2O2/c12-9-2-1-3-10(4-9)16-11-13-5-8(7-15)6-14-11/h1-7H. The fourth-order valence-electron chi connectivity index (χ4n) is 1.08. The third-order valence-corrected chi connectivity index (χ3v) is 2.28. The van der Waals surface area contributed by atoms with E-state index >= 15 is 0 Å². The summed E-state index contributed by atoms with van der Waals surface area (Å²) < 4.78 is 6.30. The van der Waals surface area contributed by atoms with Gasteiger partial charge in [-0.3, -0.25) is 4.79 Å². The molecule has 0 fully saturated rings. The molecule has 0 spiro atoms. The van der Waals surface area contributed by atoms with Gasteiger partial charge >= 0.3 is 6.01 Å². The molecule has 16 heavy (non-hydrogen) atoms. The highest BCUT2D eigenvalue weighted by Gasteiger charge is 2.00. The topological polar surface area (TPSA) is 52.1 Å². The van der Waals surface area contributed by atoms with Crippen molar-refractivity contribution in [2.24, 2.45) is 0 Å². The SMILES string of the molecule is O=Cc1cnc(Oc2cccc(Br)c2)nc1. The Bertz CT molecular complexity index is 500. The molecule has 5 heteroatoms. The van der Waals surface area contributed by atoms with Gasteiger partial charge in [-0.15, -0.1) is 0 Å². The number of aldehydes is 1. The van der Waals surface area contributed by atoms with Crippen LogP contribution in [-0.4, -0.2) is 16.3 Å². The summed E-state index contributed by atoms with van der Waals surface area (Å²) >= 11 is 3.33. The van der Waals surface area contributed by atoms with Crippen LogP contribution in [0.25, 0.3) is 0 Å². The molecule has 0 N–H and O–H groups in total. The van der Waals surface area contributed by atoms with Crippen molar-refractivity contribution >= 4 is 22.2 Å². The van der Waals surface area contributed by atoms with E-state index < -0.39 is 0 Å². The Morgan fingerprint density at radius 3 is 2.62 bits per heavy atom. The van der Waals surface area contributed by atoms with Crippen LogP contribution in [0, 0.1) is 0 Å². The van der Waals surface area contributed by atoms with Crippen LogP contribution in [0.4, 0.5) is 0 Å². The molecule has 1 aromatic carbocycles. The second kappa shape index (κ2) is 4.85. The molecule has 0 atom stereocenters. The van der Waals surface area contributed by atoms with Gasteiger partial charge < -0.3 is 4.74 Å². The van der Waals surface area contributed by atoms with Crippen LogP contribution in [-0.2, 0) is 0 Å². The lowest BCUT2D eigenvalue weighted by atomic mass is 10.3. The third-order valence-electron chi connectivity index (χ3n) is 1.79. The van der Waals surface area contributed by atoms with Gasteiger partial charge in [0.05, 0.1) is 5.56 Å². The number of nitrogens with zero attached hydrogens (tertiary/aromatic N) is 2. The summed E-state index contributed by atoms with van der Waals surface area (Å²) in [5.74, 6) is 0.633. The van der Waals surface area contributed by atoms with Gasteiger partial charge in [0.1, 0.15) is 5.75 Å². The quantitative estimate of drug-likeness (QED) is 0.811. The monoisotopic (exact) mass is 278 g/mol. The van der Waals surface area contributed by atoms with Crippen molar-refractivity contribution in [2.75, 3.05) is 0 Å². The molecule has 0 aliphatic heterocycles. The first-order valence-electron chi connectivity index (χ1n) is 4.48. The molecular formula is C11H7BrN2O2. The lowest BCUT2D eigenvalue weighted by Crippen LogP contribution is -1.92. The number of carbonyl (C=O) groups is 1. The van der Waals surface area contributed by atoms with Crippen LogP contribution in [0.1, 0.15) is 10.4 Å². The number of ether oxygens (including phenoxy) is 1. The van der Waals surface area contributed by atoms with E-state index in [2.05, 4.69) is 25.9 Å². The normalized spacial score (nSPS) is 9.81. The number of halogens is 1. The van der Waals surface area contributed by atoms with E-state index in [-0.39, 0.29) is 6.01 Å². The summed E-state index contributed by atoms with van der Waals surface area (Å²) in [6, 6.07) is 7.55. The molecule has 1 heterocycles. The van der Waals surface area contributed by atoms with Crippen molar-refractivity contribution < 1.29 is 9.53 Å². The van der Waals surface area contributed by atoms with Crippen molar-refractivity contribution in [2.45, 2.75) is 0 Å². The van der Waals surface area contributed by atoms with Crippen LogP contribution in [0.3, 0.4) is 0 Å². The highest BCUT2D eigenvalue weighted by atomic mass is 79.9. The van der Waals surface area contributed by atoms with Crippen LogP contribution in [0.2, 0.25) is 0 Å². The Morgan fingerprint density at radius 1 is 1.25 bits per heavy atom. The Balaban J connectivity index is 2.17. The van der Waals surface area contributed by atoms with E-state index in [0.29, 0.717) is 17.6 Å². The molecule has 0 unspecified atom stereocenters. The van der Waals surface area contributed by atoms with Crippen LogP contribution >= 0.6 is 15.9 Å². The summed E-state index contributed by atoms with van der Waals surface area (Å²) in [4.78, 5) is 18.2. The Morgan fingerprint density at radius 2 is 2.00 bits per heavy atom. The lowest BCUT2D eigenvalue weighted by molar-refractivity contribution is 0.112. The smallest absolute Gasteiger partial charge is 0.321 e. The number of rotatable bonds is 3. The van der Waals surface area contributed by atoms with Crippen LogP contribution in [0.5, 0.6) is 11.8 Å². The van der Waals surface area contributed by atoms with Gasteiger partial charge in [0.15, 0.2) is 6.29 Å². The Kier molecular flexibility index (Phi) is 3.26. The zero-order chi connectivity index (χ0) is 11.4. The summed E-state index contributed by atoms with van der Waals surface area (Å²) in [7, 11) is 0. The maximum Gasteiger partial charge on any atom is 0.321 e.